The van der Waals surface area contributed by atoms with Crippen LogP contribution in [0.3, 0.4) is 0 Å². The van der Waals surface area contributed by atoms with Gasteiger partial charge in [-0.2, -0.15) is 5.10 Å². The van der Waals surface area contributed by atoms with E-state index in [1.165, 1.54) is 12.8 Å². The largest absolute Gasteiger partial charge is 0.275 e. The second-order valence-corrected chi connectivity index (χ2v) is 5.17. The molecular weight excluding hydrogens is 216 g/mol. The highest BCUT2D eigenvalue weighted by molar-refractivity contribution is 5.97. The molecule has 3 rings (SSSR count). The summed E-state index contributed by atoms with van der Waals surface area (Å²) in [5.74, 6) is 1.55. The summed E-state index contributed by atoms with van der Waals surface area (Å²) < 4.78 is 1.77. The maximum absolute atomic E-state index is 5.70. The smallest absolute Gasteiger partial charge is 0.187 e. The standard InChI is InChI=1S/C12H18N4O/c1-9-3-6-12(7-4-9)13-11(15-17-12)10-5-8-16(2)14-10/h5,8-9H,3-4,6-7H2,1-2H3,(H,13,15). The van der Waals surface area contributed by atoms with Crippen molar-refractivity contribution in [3.05, 3.63) is 18.0 Å². The molecule has 1 aromatic rings. The van der Waals surface area contributed by atoms with E-state index in [2.05, 4.69) is 17.5 Å². The number of hydrogen-bond donors (Lipinski definition) is 1. The molecule has 1 saturated carbocycles. The zero-order chi connectivity index (χ0) is 11.9. The fourth-order valence-corrected chi connectivity index (χ4v) is 2.47. The number of amidine groups is 1. The maximum atomic E-state index is 5.70. The van der Waals surface area contributed by atoms with Crippen molar-refractivity contribution in [3.8, 4) is 0 Å². The van der Waals surface area contributed by atoms with E-state index in [9.17, 15) is 0 Å². The topological polar surface area (TPSA) is 51.4 Å². The molecule has 1 aliphatic heterocycles. The van der Waals surface area contributed by atoms with Crippen LogP contribution in [-0.2, 0) is 11.9 Å². The van der Waals surface area contributed by atoms with Gasteiger partial charge in [0.2, 0.25) is 0 Å². The Labute approximate surface area is 101 Å². The summed E-state index contributed by atoms with van der Waals surface area (Å²) in [4.78, 5) is 10.4. The van der Waals surface area contributed by atoms with Crippen molar-refractivity contribution in [2.75, 3.05) is 0 Å². The lowest BCUT2D eigenvalue weighted by atomic mass is 9.85. The average Bonchev–Trinajstić information content (AvgIpc) is 2.91. The quantitative estimate of drug-likeness (QED) is 0.803. The molecule has 1 spiro atoms. The number of hydrogen-bond acceptors (Lipinski definition) is 4. The molecule has 1 fully saturated rings. The van der Waals surface area contributed by atoms with Crippen molar-refractivity contribution in [2.45, 2.75) is 38.3 Å². The van der Waals surface area contributed by atoms with Crippen LogP contribution in [-0.4, -0.2) is 21.3 Å². The van der Waals surface area contributed by atoms with Crippen LogP contribution in [0.2, 0.25) is 0 Å². The normalized spacial score (nSPS) is 32.6. The Morgan fingerprint density at radius 1 is 1.47 bits per heavy atom. The molecular formula is C12H18N4O. The van der Waals surface area contributed by atoms with E-state index in [1.54, 1.807) is 4.68 Å². The zero-order valence-corrected chi connectivity index (χ0v) is 10.3. The second-order valence-electron chi connectivity index (χ2n) is 5.17. The van der Waals surface area contributed by atoms with Gasteiger partial charge < -0.3 is 0 Å². The minimum Gasteiger partial charge on any atom is -0.275 e. The van der Waals surface area contributed by atoms with Gasteiger partial charge in [-0.15, -0.1) is 0 Å². The highest BCUT2D eigenvalue weighted by atomic mass is 16.7. The van der Waals surface area contributed by atoms with Gasteiger partial charge in [-0.3, -0.25) is 4.68 Å². The van der Waals surface area contributed by atoms with Crippen molar-refractivity contribution in [1.82, 2.24) is 15.3 Å². The van der Waals surface area contributed by atoms with Crippen LogP contribution in [0.1, 0.15) is 38.3 Å². The van der Waals surface area contributed by atoms with E-state index in [4.69, 9.17) is 9.83 Å². The molecule has 0 unspecified atom stereocenters. The van der Waals surface area contributed by atoms with Crippen LogP contribution in [0, 0.1) is 5.92 Å². The Morgan fingerprint density at radius 3 is 2.88 bits per heavy atom. The third-order valence-electron chi connectivity index (χ3n) is 3.67. The van der Waals surface area contributed by atoms with Crippen molar-refractivity contribution >= 4 is 5.84 Å². The van der Waals surface area contributed by atoms with E-state index in [1.807, 2.05) is 19.3 Å². The predicted molar refractivity (Wildman–Crippen MR) is 64.3 cm³/mol. The van der Waals surface area contributed by atoms with Gasteiger partial charge in [0, 0.05) is 13.2 Å². The fraction of sp³-hybridized carbons (Fsp3) is 0.667. The predicted octanol–water partition coefficient (Wildman–Crippen LogP) is 1.61. The van der Waals surface area contributed by atoms with Gasteiger partial charge in [0.25, 0.3) is 0 Å². The molecule has 0 aromatic carbocycles. The Hall–Kier alpha value is -1.36. The Balaban J connectivity index is 1.81. The third kappa shape index (κ3) is 1.95. The summed E-state index contributed by atoms with van der Waals surface area (Å²) >= 11 is 0. The van der Waals surface area contributed by atoms with E-state index in [0.717, 1.165) is 30.3 Å². The number of aryl methyl sites for hydroxylation is 1. The van der Waals surface area contributed by atoms with E-state index in [0.29, 0.717) is 0 Å². The minimum atomic E-state index is -0.334. The molecule has 2 heterocycles. The molecule has 5 nitrogen and oxygen atoms in total. The highest BCUT2D eigenvalue weighted by Crippen LogP contribution is 2.37. The SMILES string of the molecule is CC1CCC2(CC1)N=C(c1ccn(C)n1)NO2. The van der Waals surface area contributed by atoms with Crippen molar-refractivity contribution in [3.63, 3.8) is 0 Å². The first-order valence-electron chi connectivity index (χ1n) is 6.21. The van der Waals surface area contributed by atoms with Crippen LogP contribution < -0.4 is 5.48 Å². The number of aromatic nitrogens is 2. The number of nitrogens with zero attached hydrogens (tertiary/aromatic N) is 3. The fourth-order valence-electron chi connectivity index (χ4n) is 2.47. The number of rotatable bonds is 1. The van der Waals surface area contributed by atoms with Crippen molar-refractivity contribution in [2.24, 2.45) is 18.0 Å². The van der Waals surface area contributed by atoms with Gasteiger partial charge in [-0.25, -0.2) is 15.3 Å². The van der Waals surface area contributed by atoms with Gasteiger partial charge in [0.05, 0.1) is 0 Å². The summed E-state index contributed by atoms with van der Waals surface area (Å²) in [5, 5.41) is 4.33. The van der Waals surface area contributed by atoms with Gasteiger partial charge in [-0.1, -0.05) is 6.92 Å². The molecule has 0 saturated heterocycles. The lowest BCUT2D eigenvalue weighted by molar-refractivity contribution is -0.0826. The maximum Gasteiger partial charge on any atom is 0.187 e. The Bertz CT molecular complexity index is 443. The molecule has 0 radical (unpaired) electrons. The summed E-state index contributed by atoms with van der Waals surface area (Å²) in [6.45, 7) is 2.29. The summed E-state index contributed by atoms with van der Waals surface area (Å²) in [6.07, 6.45) is 6.27. The number of aliphatic imine (C=N–C) groups is 1. The van der Waals surface area contributed by atoms with Crippen LogP contribution in [0.25, 0.3) is 0 Å². The molecule has 0 amide bonds. The van der Waals surface area contributed by atoms with Gasteiger partial charge in [0.15, 0.2) is 11.6 Å². The summed E-state index contributed by atoms with van der Waals surface area (Å²) in [5.41, 5.74) is 3.45. The molecule has 5 heteroatoms. The molecule has 0 bridgehead atoms. The molecule has 0 atom stereocenters. The van der Waals surface area contributed by atoms with Crippen LogP contribution in [0.15, 0.2) is 17.3 Å². The van der Waals surface area contributed by atoms with E-state index >= 15 is 0 Å². The molecule has 1 aromatic heterocycles. The Kier molecular flexibility index (Phi) is 2.43. The number of hydroxylamine groups is 1. The van der Waals surface area contributed by atoms with Gasteiger partial charge >= 0.3 is 0 Å². The van der Waals surface area contributed by atoms with E-state index < -0.39 is 0 Å². The first-order chi connectivity index (χ1) is 8.17. The minimum absolute atomic E-state index is 0.334. The Morgan fingerprint density at radius 2 is 2.24 bits per heavy atom. The molecule has 92 valence electrons. The summed E-state index contributed by atoms with van der Waals surface area (Å²) in [7, 11) is 1.90. The summed E-state index contributed by atoms with van der Waals surface area (Å²) in [6, 6.07) is 1.94. The van der Waals surface area contributed by atoms with Crippen LogP contribution in [0.5, 0.6) is 0 Å². The average molecular weight is 234 g/mol. The molecule has 1 aliphatic carbocycles. The van der Waals surface area contributed by atoms with Crippen LogP contribution >= 0.6 is 0 Å². The molecule has 17 heavy (non-hydrogen) atoms. The molecule has 1 N–H and O–H groups in total. The third-order valence-corrected chi connectivity index (χ3v) is 3.67. The van der Waals surface area contributed by atoms with Crippen LogP contribution in [0.4, 0.5) is 0 Å². The first-order valence-corrected chi connectivity index (χ1v) is 6.21. The highest BCUT2D eigenvalue weighted by Gasteiger charge is 2.40. The zero-order valence-electron chi connectivity index (χ0n) is 10.3. The lowest BCUT2D eigenvalue weighted by Crippen LogP contribution is -2.34. The van der Waals surface area contributed by atoms with Gasteiger partial charge in [-0.05, 0) is 37.7 Å². The second kappa shape index (κ2) is 3.84. The monoisotopic (exact) mass is 234 g/mol. The van der Waals surface area contributed by atoms with E-state index in [-0.39, 0.29) is 5.72 Å². The lowest BCUT2D eigenvalue weighted by Gasteiger charge is -2.31. The first kappa shape index (κ1) is 10.8. The molecule has 2 aliphatic rings. The van der Waals surface area contributed by atoms with Crippen molar-refractivity contribution in [1.29, 1.82) is 0 Å². The van der Waals surface area contributed by atoms with Crippen molar-refractivity contribution < 1.29 is 4.84 Å². The number of nitrogens with one attached hydrogen (secondary N) is 1. The van der Waals surface area contributed by atoms with Gasteiger partial charge in [0.1, 0.15) is 5.69 Å².